The predicted octanol–water partition coefficient (Wildman–Crippen LogP) is 4.29. The van der Waals surface area contributed by atoms with Crippen LogP contribution in [0, 0.1) is 6.92 Å². The van der Waals surface area contributed by atoms with Crippen molar-refractivity contribution in [2.75, 3.05) is 14.1 Å². The molecule has 108 valence electrons. The summed E-state index contributed by atoms with van der Waals surface area (Å²) in [5.41, 5.74) is 3.49. The molecule has 0 bridgehead atoms. The molecule has 2 heterocycles. The van der Waals surface area contributed by atoms with Crippen molar-refractivity contribution in [1.29, 1.82) is 0 Å². The first-order valence-electron chi connectivity index (χ1n) is 7.04. The van der Waals surface area contributed by atoms with E-state index in [1.165, 1.54) is 10.4 Å². The Morgan fingerprint density at radius 3 is 2.48 bits per heavy atom. The molecule has 0 aliphatic rings. The largest absolute Gasteiger partial charge is 0.303 e. The number of thiophene rings is 1. The molecule has 0 radical (unpaired) electrons. The van der Waals surface area contributed by atoms with Gasteiger partial charge in [-0.2, -0.15) is 0 Å². The van der Waals surface area contributed by atoms with Crippen molar-refractivity contribution in [2.45, 2.75) is 19.9 Å². The molecule has 0 aliphatic carbocycles. The van der Waals surface area contributed by atoms with E-state index in [1.54, 1.807) is 17.7 Å². The molecule has 0 amide bonds. The molecule has 0 saturated heterocycles. The van der Waals surface area contributed by atoms with Gasteiger partial charge in [0.25, 0.3) is 0 Å². The van der Waals surface area contributed by atoms with Gasteiger partial charge in [0.2, 0.25) is 0 Å². The second-order valence-electron chi connectivity index (χ2n) is 5.56. The molecule has 1 unspecified atom stereocenters. The van der Waals surface area contributed by atoms with Crippen molar-refractivity contribution in [3.05, 3.63) is 47.1 Å². The molecule has 3 rings (SSSR count). The van der Waals surface area contributed by atoms with E-state index < -0.39 is 0 Å². The standard InChI is InChI=1S/C17H19N3S/c1-11-9-15-16(18-10-19-17(15)21-11)14-7-5-13(6-8-14)12(2)20(3)4/h5-10,12H,1-4H3. The highest BCUT2D eigenvalue weighted by atomic mass is 32.1. The van der Waals surface area contributed by atoms with Crippen LogP contribution >= 0.6 is 11.3 Å². The lowest BCUT2D eigenvalue weighted by atomic mass is 10.0. The van der Waals surface area contributed by atoms with Crippen LogP contribution in [0.25, 0.3) is 21.5 Å². The molecular weight excluding hydrogens is 278 g/mol. The normalized spacial score (nSPS) is 13.0. The van der Waals surface area contributed by atoms with Gasteiger partial charge in [0, 0.05) is 21.9 Å². The summed E-state index contributed by atoms with van der Waals surface area (Å²) in [6.45, 7) is 4.32. The van der Waals surface area contributed by atoms with Crippen LogP contribution in [0.2, 0.25) is 0 Å². The van der Waals surface area contributed by atoms with Crippen molar-refractivity contribution in [3.63, 3.8) is 0 Å². The summed E-state index contributed by atoms with van der Waals surface area (Å²) < 4.78 is 0. The molecule has 21 heavy (non-hydrogen) atoms. The van der Waals surface area contributed by atoms with Crippen LogP contribution in [0.3, 0.4) is 0 Å². The van der Waals surface area contributed by atoms with Gasteiger partial charge in [-0.3, -0.25) is 0 Å². The summed E-state index contributed by atoms with van der Waals surface area (Å²) in [7, 11) is 4.20. The molecular formula is C17H19N3S. The summed E-state index contributed by atoms with van der Waals surface area (Å²) in [5, 5.41) is 1.15. The topological polar surface area (TPSA) is 29.0 Å². The Kier molecular flexibility index (Phi) is 3.74. The maximum Gasteiger partial charge on any atom is 0.127 e. The number of aromatic nitrogens is 2. The van der Waals surface area contributed by atoms with Gasteiger partial charge in [0.05, 0.1) is 5.69 Å². The third kappa shape index (κ3) is 2.69. The van der Waals surface area contributed by atoms with Gasteiger partial charge in [-0.15, -0.1) is 11.3 Å². The van der Waals surface area contributed by atoms with Crippen LogP contribution in [-0.4, -0.2) is 29.0 Å². The van der Waals surface area contributed by atoms with Crippen LogP contribution in [-0.2, 0) is 0 Å². The molecule has 1 atom stereocenters. The molecule has 0 fully saturated rings. The van der Waals surface area contributed by atoms with Crippen molar-refractivity contribution in [3.8, 4) is 11.3 Å². The average molecular weight is 297 g/mol. The minimum absolute atomic E-state index is 0.410. The molecule has 0 aliphatic heterocycles. The van der Waals surface area contributed by atoms with E-state index in [9.17, 15) is 0 Å². The fourth-order valence-electron chi connectivity index (χ4n) is 2.42. The van der Waals surface area contributed by atoms with Gasteiger partial charge in [-0.1, -0.05) is 24.3 Å². The lowest BCUT2D eigenvalue weighted by Crippen LogP contribution is -2.16. The Balaban J connectivity index is 2.03. The zero-order valence-corrected chi connectivity index (χ0v) is 13.6. The van der Waals surface area contributed by atoms with Gasteiger partial charge >= 0.3 is 0 Å². The molecule has 1 aromatic carbocycles. The van der Waals surface area contributed by atoms with Gasteiger partial charge in [-0.25, -0.2) is 9.97 Å². The molecule has 2 aromatic heterocycles. The number of aryl methyl sites for hydroxylation is 1. The highest BCUT2D eigenvalue weighted by molar-refractivity contribution is 7.18. The van der Waals surface area contributed by atoms with E-state index in [0.717, 1.165) is 21.5 Å². The van der Waals surface area contributed by atoms with E-state index >= 15 is 0 Å². The summed E-state index contributed by atoms with van der Waals surface area (Å²) in [4.78, 5) is 13.4. The first kappa shape index (κ1) is 14.2. The third-order valence-electron chi connectivity index (χ3n) is 3.89. The SMILES string of the molecule is Cc1cc2c(-c3ccc(C(C)N(C)C)cc3)ncnc2s1. The Bertz CT molecular complexity index is 759. The average Bonchev–Trinajstić information content (AvgIpc) is 2.86. The number of nitrogens with zero attached hydrogens (tertiary/aromatic N) is 3. The van der Waals surface area contributed by atoms with Gasteiger partial charge in [-0.05, 0) is 39.6 Å². The molecule has 0 N–H and O–H groups in total. The zero-order valence-electron chi connectivity index (χ0n) is 12.8. The Morgan fingerprint density at radius 1 is 1.10 bits per heavy atom. The smallest absolute Gasteiger partial charge is 0.127 e. The van der Waals surface area contributed by atoms with Crippen LogP contribution < -0.4 is 0 Å². The minimum atomic E-state index is 0.410. The molecule has 0 saturated carbocycles. The van der Waals surface area contributed by atoms with Crippen molar-refractivity contribution < 1.29 is 0 Å². The Labute approximate surface area is 129 Å². The van der Waals surface area contributed by atoms with Gasteiger partial charge in [0.15, 0.2) is 0 Å². The Hall–Kier alpha value is -1.78. The van der Waals surface area contributed by atoms with E-state index in [-0.39, 0.29) is 0 Å². The maximum atomic E-state index is 4.49. The van der Waals surface area contributed by atoms with Crippen LogP contribution in [0.4, 0.5) is 0 Å². The summed E-state index contributed by atoms with van der Waals surface area (Å²) in [5.74, 6) is 0. The van der Waals surface area contributed by atoms with Gasteiger partial charge in [0.1, 0.15) is 11.2 Å². The van der Waals surface area contributed by atoms with E-state index in [0.29, 0.717) is 6.04 Å². The number of benzene rings is 1. The van der Waals surface area contributed by atoms with E-state index in [2.05, 4.69) is 73.1 Å². The fraction of sp³-hybridized carbons (Fsp3) is 0.294. The highest BCUT2D eigenvalue weighted by Gasteiger charge is 2.11. The van der Waals surface area contributed by atoms with Crippen molar-refractivity contribution in [2.24, 2.45) is 0 Å². The number of fused-ring (bicyclic) bond motifs is 1. The molecule has 4 heteroatoms. The second kappa shape index (κ2) is 5.54. The quantitative estimate of drug-likeness (QED) is 0.722. The van der Waals surface area contributed by atoms with E-state index in [4.69, 9.17) is 0 Å². The van der Waals surface area contributed by atoms with Crippen LogP contribution in [0.1, 0.15) is 23.4 Å². The lowest BCUT2D eigenvalue weighted by molar-refractivity contribution is 0.321. The van der Waals surface area contributed by atoms with E-state index in [1.807, 2.05) is 0 Å². The summed E-state index contributed by atoms with van der Waals surface area (Å²) in [6, 6.07) is 11.3. The number of rotatable bonds is 3. The van der Waals surface area contributed by atoms with Gasteiger partial charge < -0.3 is 4.90 Å². The molecule has 3 nitrogen and oxygen atoms in total. The lowest BCUT2D eigenvalue weighted by Gasteiger charge is -2.20. The highest BCUT2D eigenvalue weighted by Crippen LogP contribution is 2.31. The van der Waals surface area contributed by atoms with Crippen molar-refractivity contribution in [1.82, 2.24) is 14.9 Å². The summed E-state index contributed by atoms with van der Waals surface area (Å²) >= 11 is 1.72. The summed E-state index contributed by atoms with van der Waals surface area (Å²) in [6.07, 6.45) is 1.66. The monoisotopic (exact) mass is 297 g/mol. The van der Waals surface area contributed by atoms with Crippen LogP contribution in [0.15, 0.2) is 36.7 Å². The Morgan fingerprint density at radius 2 is 1.81 bits per heavy atom. The molecule has 0 spiro atoms. The number of hydrogen-bond acceptors (Lipinski definition) is 4. The minimum Gasteiger partial charge on any atom is -0.303 e. The first-order chi connectivity index (χ1) is 10.1. The second-order valence-corrected chi connectivity index (χ2v) is 6.79. The van der Waals surface area contributed by atoms with Crippen molar-refractivity contribution >= 4 is 21.6 Å². The predicted molar refractivity (Wildman–Crippen MR) is 89.7 cm³/mol. The maximum absolute atomic E-state index is 4.49. The fourth-order valence-corrected chi connectivity index (χ4v) is 3.27. The third-order valence-corrected chi connectivity index (χ3v) is 4.85. The zero-order chi connectivity index (χ0) is 15.0. The molecule has 3 aromatic rings. The number of hydrogen-bond donors (Lipinski definition) is 0. The first-order valence-corrected chi connectivity index (χ1v) is 7.86. The van der Waals surface area contributed by atoms with Crippen LogP contribution in [0.5, 0.6) is 0 Å².